The number of anilines is 1. The highest BCUT2D eigenvalue weighted by Gasteiger charge is 2.33. The van der Waals surface area contributed by atoms with Gasteiger partial charge in [0, 0.05) is 12.6 Å². The number of hydrogen-bond acceptors (Lipinski definition) is 6. The Morgan fingerprint density at radius 1 is 1.52 bits per heavy atom. The molecule has 0 spiro atoms. The largest absolute Gasteiger partial charge is 0.394 e. The summed E-state index contributed by atoms with van der Waals surface area (Å²) >= 11 is 0. The Kier molecular flexibility index (Phi) is 6.38. The van der Waals surface area contributed by atoms with E-state index >= 15 is 0 Å². The number of ether oxygens (including phenoxy) is 1. The molecule has 5 N–H and O–H groups in total. The second kappa shape index (κ2) is 8.13. The van der Waals surface area contributed by atoms with Gasteiger partial charge < -0.3 is 25.4 Å². The number of aromatic nitrogens is 2. The molecule has 2 rings (SSSR count). The molecule has 1 aromatic heterocycles. The van der Waals surface area contributed by atoms with Crippen molar-refractivity contribution in [3.63, 3.8) is 0 Å². The van der Waals surface area contributed by atoms with Gasteiger partial charge in [-0.25, -0.2) is 4.79 Å². The molecular formula is C15H22N3O6P. The summed E-state index contributed by atoms with van der Waals surface area (Å²) in [6, 6.07) is 0. The Labute approximate surface area is 145 Å². The number of nitrogen functional groups attached to an aromatic ring is 1. The number of rotatable bonds is 5. The Hall–Kier alpha value is -1.69. The van der Waals surface area contributed by atoms with Crippen molar-refractivity contribution in [3.8, 4) is 11.8 Å². The molecule has 25 heavy (non-hydrogen) atoms. The fraction of sp³-hybridized carbons (Fsp3) is 0.600. The van der Waals surface area contributed by atoms with Crippen molar-refractivity contribution in [2.45, 2.75) is 38.5 Å². The van der Waals surface area contributed by atoms with Crippen LogP contribution < -0.4 is 11.4 Å². The lowest BCUT2D eigenvalue weighted by molar-refractivity contribution is -0.0312. The van der Waals surface area contributed by atoms with Gasteiger partial charge in [0.05, 0.1) is 24.4 Å². The predicted octanol–water partition coefficient (Wildman–Crippen LogP) is 0.0508. The van der Waals surface area contributed by atoms with Crippen LogP contribution in [0.3, 0.4) is 0 Å². The van der Waals surface area contributed by atoms with Crippen LogP contribution in [0.5, 0.6) is 0 Å². The average molecular weight is 371 g/mol. The zero-order valence-corrected chi connectivity index (χ0v) is 14.7. The fourth-order valence-corrected chi connectivity index (χ4v) is 3.15. The molecule has 0 aromatic carbocycles. The van der Waals surface area contributed by atoms with Gasteiger partial charge in [-0.1, -0.05) is 18.8 Å². The van der Waals surface area contributed by atoms with Gasteiger partial charge in [-0.2, -0.15) is 4.98 Å². The number of nitrogens with zero attached hydrogens (tertiary/aromatic N) is 2. The first-order valence-electron chi connectivity index (χ1n) is 7.89. The normalized spacial score (nSPS) is 23.3. The third-order valence-electron chi connectivity index (χ3n) is 3.99. The van der Waals surface area contributed by atoms with E-state index in [1.807, 2.05) is 6.92 Å². The molecule has 1 aromatic rings. The van der Waals surface area contributed by atoms with Crippen LogP contribution in [0.25, 0.3) is 0 Å². The van der Waals surface area contributed by atoms with Crippen molar-refractivity contribution in [2.75, 3.05) is 18.5 Å². The predicted molar refractivity (Wildman–Crippen MR) is 90.7 cm³/mol. The molecule has 10 heteroatoms. The third kappa shape index (κ3) is 5.39. The minimum Gasteiger partial charge on any atom is -0.394 e. The van der Waals surface area contributed by atoms with E-state index in [9.17, 15) is 14.5 Å². The highest BCUT2D eigenvalue weighted by molar-refractivity contribution is 7.51. The van der Waals surface area contributed by atoms with Crippen LogP contribution in [-0.2, 0) is 9.30 Å². The van der Waals surface area contributed by atoms with E-state index in [-0.39, 0.29) is 43.5 Å². The Bertz CT molecular complexity index is 778. The number of unbranched alkanes of at least 4 members (excludes halogenated alkanes) is 1. The first-order chi connectivity index (χ1) is 11.7. The zero-order valence-electron chi connectivity index (χ0n) is 13.8. The minimum atomic E-state index is -4.02. The van der Waals surface area contributed by atoms with Crippen molar-refractivity contribution < 1.29 is 24.2 Å². The maximum Gasteiger partial charge on any atom is 0.351 e. The molecule has 1 fully saturated rings. The van der Waals surface area contributed by atoms with E-state index in [0.29, 0.717) is 12.0 Å². The minimum absolute atomic E-state index is 0.00603. The van der Waals surface area contributed by atoms with Gasteiger partial charge in [0.15, 0.2) is 0 Å². The van der Waals surface area contributed by atoms with Crippen molar-refractivity contribution in [1.29, 1.82) is 0 Å². The van der Waals surface area contributed by atoms with Gasteiger partial charge in [0.1, 0.15) is 12.0 Å². The molecule has 1 aliphatic rings. The van der Waals surface area contributed by atoms with Gasteiger partial charge >= 0.3 is 13.3 Å². The average Bonchev–Trinajstić information content (AvgIpc) is 2.88. The summed E-state index contributed by atoms with van der Waals surface area (Å²) in [6.45, 7) is 1.80. The first kappa shape index (κ1) is 19.6. The first-order valence-corrected chi connectivity index (χ1v) is 9.69. The van der Waals surface area contributed by atoms with E-state index in [2.05, 4.69) is 16.8 Å². The van der Waals surface area contributed by atoms with E-state index in [0.717, 1.165) is 0 Å². The van der Waals surface area contributed by atoms with Crippen LogP contribution in [0, 0.1) is 17.8 Å². The SMILES string of the molecule is CC1CC(n2cc(C#CCCCP(=O)(O)O)c(N)nc2=O)OC1CO. The molecule has 138 valence electrons. The fourth-order valence-electron chi connectivity index (χ4n) is 2.58. The second-order valence-corrected chi connectivity index (χ2v) is 7.82. The lowest BCUT2D eigenvalue weighted by atomic mass is 10.0. The van der Waals surface area contributed by atoms with Gasteiger partial charge in [-0.15, -0.1) is 0 Å². The van der Waals surface area contributed by atoms with Crippen LogP contribution in [-0.4, -0.2) is 43.3 Å². The molecule has 3 unspecified atom stereocenters. The molecule has 0 saturated carbocycles. The Morgan fingerprint density at radius 2 is 2.24 bits per heavy atom. The van der Waals surface area contributed by atoms with Crippen LogP contribution in [0.1, 0.15) is 38.0 Å². The summed E-state index contributed by atoms with van der Waals surface area (Å²) in [7, 11) is -4.02. The number of aliphatic hydroxyl groups is 1. The molecule has 0 aliphatic carbocycles. The molecule has 0 bridgehead atoms. The van der Waals surface area contributed by atoms with Crippen LogP contribution in [0.4, 0.5) is 5.82 Å². The number of aliphatic hydroxyl groups excluding tert-OH is 1. The van der Waals surface area contributed by atoms with Gasteiger partial charge in [0.2, 0.25) is 0 Å². The summed E-state index contributed by atoms with van der Waals surface area (Å²) in [5.41, 5.74) is 5.51. The molecule has 0 amide bonds. The lowest BCUT2D eigenvalue weighted by Gasteiger charge is -2.15. The van der Waals surface area contributed by atoms with Crippen molar-refractivity contribution >= 4 is 13.4 Å². The molecule has 1 saturated heterocycles. The number of nitrogens with two attached hydrogens (primary N) is 1. The summed E-state index contributed by atoms with van der Waals surface area (Å²) < 4.78 is 17.7. The third-order valence-corrected chi connectivity index (χ3v) is 4.88. The van der Waals surface area contributed by atoms with E-state index in [1.54, 1.807) is 0 Å². The van der Waals surface area contributed by atoms with Crippen molar-refractivity contribution in [3.05, 3.63) is 22.2 Å². The smallest absolute Gasteiger partial charge is 0.351 e. The van der Waals surface area contributed by atoms with Crippen LogP contribution in [0.2, 0.25) is 0 Å². The number of hydrogen-bond donors (Lipinski definition) is 4. The standard InChI is InChI=1S/C15H22N3O6P/c1-10-7-13(24-12(10)9-19)18-8-11(14(16)17-15(18)20)5-3-2-4-6-25(21,22)23/h8,10,12-13,19H,2,4,6-7,9H2,1H3,(H2,16,17,20)(H2,21,22,23). The maximum absolute atomic E-state index is 12.1. The molecular weight excluding hydrogens is 349 g/mol. The van der Waals surface area contributed by atoms with Crippen LogP contribution >= 0.6 is 7.60 Å². The summed E-state index contributed by atoms with van der Waals surface area (Å²) in [6.07, 6.45) is 1.47. The highest BCUT2D eigenvalue weighted by Crippen LogP contribution is 2.35. The molecule has 2 heterocycles. The Balaban J connectivity index is 2.13. The molecule has 0 radical (unpaired) electrons. The molecule has 1 aliphatic heterocycles. The Morgan fingerprint density at radius 3 is 2.84 bits per heavy atom. The van der Waals surface area contributed by atoms with Crippen molar-refractivity contribution in [1.82, 2.24) is 9.55 Å². The maximum atomic E-state index is 12.1. The van der Waals surface area contributed by atoms with E-state index in [1.165, 1.54) is 10.8 Å². The highest BCUT2D eigenvalue weighted by atomic mass is 31.2. The van der Waals surface area contributed by atoms with Gasteiger partial charge in [-0.3, -0.25) is 9.13 Å². The van der Waals surface area contributed by atoms with E-state index in [4.69, 9.17) is 20.3 Å². The topological polar surface area (TPSA) is 148 Å². The monoisotopic (exact) mass is 371 g/mol. The molecule has 3 atom stereocenters. The summed E-state index contributed by atoms with van der Waals surface area (Å²) in [4.78, 5) is 33.4. The quantitative estimate of drug-likeness (QED) is 0.322. The zero-order chi connectivity index (χ0) is 18.6. The van der Waals surface area contributed by atoms with E-state index < -0.39 is 19.5 Å². The lowest BCUT2D eigenvalue weighted by Crippen LogP contribution is -2.28. The summed E-state index contributed by atoms with van der Waals surface area (Å²) in [5.74, 6) is 5.64. The summed E-state index contributed by atoms with van der Waals surface area (Å²) in [5, 5.41) is 9.27. The molecule has 9 nitrogen and oxygen atoms in total. The van der Waals surface area contributed by atoms with Gasteiger partial charge in [-0.05, 0) is 18.8 Å². The van der Waals surface area contributed by atoms with Gasteiger partial charge in [0.25, 0.3) is 0 Å². The van der Waals surface area contributed by atoms with Crippen LogP contribution in [0.15, 0.2) is 11.0 Å². The second-order valence-electron chi connectivity index (χ2n) is 6.05. The van der Waals surface area contributed by atoms with Crippen molar-refractivity contribution in [2.24, 2.45) is 5.92 Å².